The summed E-state index contributed by atoms with van der Waals surface area (Å²) in [7, 11) is 0. The fraction of sp³-hybridized carbons (Fsp3) is 0.818. The number of carbonyl (C=O) groups is 1. The van der Waals surface area contributed by atoms with E-state index in [-0.39, 0.29) is 33.0 Å². The fourth-order valence-corrected chi connectivity index (χ4v) is 11.7. The highest BCUT2D eigenvalue weighted by Gasteiger charge is 2.70. The van der Waals surface area contributed by atoms with Crippen molar-refractivity contribution < 1.29 is 9.90 Å². The van der Waals surface area contributed by atoms with Crippen LogP contribution in [0.5, 0.6) is 0 Å². The van der Waals surface area contributed by atoms with Crippen LogP contribution in [0.15, 0.2) is 11.1 Å². The highest BCUT2D eigenvalue weighted by atomic mass is 16.4. The van der Waals surface area contributed by atoms with Crippen LogP contribution in [0.4, 0.5) is 5.82 Å². The molecule has 6 rings (SSSR count). The third-order valence-corrected chi connectivity index (χ3v) is 13.9. The summed E-state index contributed by atoms with van der Waals surface area (Å²) in [5.41, 5.74) is 12.1. The van der Waals surface area contributed by atoms with Crippen molar-refractivity contribution in [2.75, 3.05) is 5.73 Å². The molecule has 1 aromatic rings. The van der Waals surface area contributed by atoms with Crippen molar-refractivity contribution >= 4 is 11.8 Å². The molecule has 0 aromatic carbocycles. The lowest BCUT2D eigenvalue weighted by Gasteiger charge is -2.71. The summed E-state index contributed by atoms with van der Waals surface area (Å²) >= 11 is 0. The van der Waals surface area contributed by atoms with Crippen molar-refractivity contribution in [3.05, 3.63) is 22.4 Å². The lowest BCUT2D eigenvalue weighted by atomic mass is 9.33. The van der Waals surface area contributed by atoms with Gasteiger partial charge in [0.25, 0.3) is 0 Å². The van der Waals surface area contributed by atoms with Gasteiger partial charge in [0.2, 0.25) is 0 Å². The molecular weight excluding hydrogens is 470 g/mol. The Labute approximate surface area is 229 Å². The van der Waals surface area contributed by atoms with Gasteiger partial charge in [0.1, 0.15) is 5.82 Å². The van der Waals surface area contributed by atoms with E-state index in [9.17, 15) is 9.90 Å². The lowest BCUT2D eigenvalue weighted by molar-refractivity contribution is -0.178. The van der Waals surface area contributed by atoms with Gasteiger partial charge in [-0.25, -0.2) is 0 Å². The number of carboxylic acid groups (broad SMARTS) is 1. The molecule has 5 heteroatoms. The third-order valence-electron chi connectivity index (χ3n) is 13.9. The Morgan fingerprint density at radius 1 is 1.03 bits per heavy atom. The fourth-order valence-electron chi connectivity index (χ4n) is 11.7. The SMILES string of the molecule is CCC1=C2[C@@H]3CC(C)(C)CC[C@]3(C(=O)O)CC[C@@]2(C)[C@]2(C)CC[C@H]3C(C)(C)c4[nH]nc(N)c4C[C@]3(C)C2C1. The zero-order valence-electron chi connectivity index (χ0n) is 25.2. The number of allylic oxidation sites excluding steroid dienone is 2. The standard InChI is InChI=1S/C33H51N3O2/c1-9-19-16-23-30(6)17-20-25(35-36-26(20)34)29(4,5)22(30)10-11-31(23,7)32(8)13-15-33(27(37)38)14-12-28(2,3)18-21(33)24(19)32/h21-23H,9-18H2,1-8H3,(H,37,38)(H3,34,35,36)/t21-,22-,23?,30-,31+,32+,33-/m0/s1. The predicted octanol–water partition coefficient (Wildman–Crippen LogP) is 7.67. The molecule has 38 heavy (non-hydrogen) atoms. The number of nitrogens with zero attached hydrogens (tertiary/aromatic N) is 1. The number of aromatic nitrogens is 2. The maximum absolute atomic E-state index is 13.0. The summed E-state index contributed by atoms with van der Waals surface area (Å²) in [6.07, 6.45) is 10.3. The highest BCUT2D eigenvalue weighted by Crippen LogP contribution is 2.76. The zero-order valence-corrected chi connectivity index (χ0v) is 25.2. The number of nitrogen functional groups attached to an aromatic ring is 1. The van der Waals surface area contributed by atoms with Crippen molar-refractivity contribution in [2.45, 2.75) is 125 Å². The van der Waals surface area contributed by atoms with E-state index in [1.54, 1.807) is 11.1 Å². The maximum atomic E-state index is 13.0. The maximum Gasteiger partial charge on any atom is 0.310 e. The van der Waals surface area contributed by atoms with Crippen LogP contribution < -0.4 is 5.73 Å². The Morgan fingerprint density at radius 3 is 2.37 bits per heavy atom. The number of aromatic amines is 1. The third kappa shape index (κ3) is 3.00. The largest absolute Gasteiger partial charge is 0.481 e. The minimum absolute atomic E-state index is 0.00395. The van der Waals surface area contributed by atoms with E-state index in [0.29, 0.717) is 17.7 Å². The summed E-state index contributed by atoms with van der Waals surface area (Å²) in [5, 5.41) is 18.6. The molecule has 0 aliphatic heterocycles. The first-order valence-electron chi connectivity index (χ1n) is 15.4. The number of carboxylic acids is 1. The number of H-pyrrole nitrogens is 1. The Kier molecular flexibility index (Phi) is 5.35. The van der Waals surface area contributed by atoms with E-state index in [2.05, 4.69) is 65.6 Å². The van der Waals surface area contributed by atoms with Crippen molar-refractivity contribution in [3.63, 3.8) is 0 Å². The molecule has 1 heterocycles. The van der Waals surface area contributed by atoms with Gasteiger partial charge in [-0.3, -0.25) is 9.89 Å². The highest BCUT2D eigenvalue weighted by molar-refractivity contribution is 5.77. The molecule has 1 unspecified atom stereocenters. The quantitative estimate of drug-likeness (QED) is 0.348. The van der Waals surface area contributed by atoms with Gasteiger partial charge in [0.05, 0.1) is 5.41 Å². The number of hydrogen-bond acceptors (Lipinski definition) is 3. The van der Waals surface area contributed by atoms with Gasteiger partial charge in [-0.15, -0.1) is 0 Å². The average Bonchev–Trinajstić information content (AvgIpc) is 3.19. The van der Waals surface area contributed by atoms with Gasteiger partial charge in [-0.1, -0.05) is 66.5 Å². The second kappa shape index (κ2) is 7.69. The van der Waals surface area contributed by atoms with Gasteiger partial charge in [-0.05, 0) is 104 Å². The normalized spacial score (nSPS) is 44.8. The van der Waals surface area contributed by atoms with E-state index in [1.807, 2.05) is 0 Å². The molecule has 5 nitrogen and oxygen atoms in total. The smallest absolute Gasteiger partial charge is 0.310 e. The minimum Gasteiger partial charge on any atom is -0.481 e. The van der Waals surface area contributed by atoms with Crippen LogP contribution in [0.1, 0.15) is 124 Å². The lowest BCUT2D eigenvalue weighted by Crippen LogP contribution is -2.65. The first-order chi connectivity index (χ1) is 17.6. The molecular formula is C33H51N3O2. The number of nitrogens with one attached hydrogen (secondary N) is 1. The van der Waals surface area contributed by atoms with Gasteiger partial charge >= 0.3 is 5.97 Å². The second-order valence-corrected chi connectivity index (χ2v) is 16.2. The van der Waals surface area contributed by atoms with Crippen LogP contribution in [-0.4, -0.2) is 21.3 Å². The number of rotatable bonds is 2. The summed E-state index contributed by atoms with van der Waals surface area (Å²) in [6, 6.07) is 0. The Morgan fingerprint density at radius 2 is 1.71 bits per heavy atom. The summed E-state index contributed by atoms with van der Waals surface area (Å²) in [4.78, 5) is 13.0. The first-order valence-corrected chi connectivity index (χ1v) is 15.4. The number of hydrogen-bond donors (Lipinski definition) is 3. The Bertz CT molecular complexity index is 1220. The van der Waals surface area contributed by atoms with Crippen LogP contribution in [0.25, 0.3) is 0 Å². The molecule has 5 aliphatic rings. The van der Waals surface area contributed by atoms with Crippen LogP contribution in [-0.2, 0) is 16.6 Å². The molecule has 0 amide bonds. The molecule has 3 fully saturated rings. The van der Waals surface area contributed by atoms with Crippen LogP contribution in [0.2, 0.25) is 0 Å². The first kappa shape index (κ1) is 26.4. The predicted molar refractivity (Wildman–Crippen MR) is 153 cm³/mol. The van der Waals surface area contributed by atoms with Crippen molar-refractivity contribution in [3.8, 4) is 0 Å². The van der Waals surface area contributed by atoms with Gasteiger partial charge in [0.15, 0.2) is 0 Å². The number of fused-ring (bicyclic) bond motifs is 8. The summed E-state index contributed by atoms with van der Waals surface area (Å²) in [6.45, 7) is 19.6. The van der Waals surface area contributed by atoms with Gasteiger partial charge < -0.3 is 10.8 Å². The van der Waals surface area contributed by atoms with Crippen molar-refractivity contribution in [2.24, 2.45) is 44.8 Å². The van der Waals surface area contributed by atoms with E-state index in [0.717, 1.165) is 51.4 Å². The van der Waals surface area contributed by atoms with E-state index in [1.165, 1.54) is 24.1 Å². The molecule has 0 saturated heterocycles. The van der Waals surface area contributed by atoms with Crippen LogP contribution in [0, 0.1) is 44.8 Å². The summed E-state index contributed by atoms with van der Waals surface area (Å²) < 4.78 is 0. The molecule has 210 valence electrons. The van der Waals surface area contributed by atoms with E-state index in [4.69, 9.17) is 5.73 Å². The zero-order chi connectivity index (χ0) is 27.7. The second-order valence-electron chi connectivity index (χ2n) is 16.2. The number of anilines is 1. The molecule has 3 saturated carbocycles. The molecule has 0 spiro atoms. The summed E-state index contributed by atoms with van der Waals surface area (Å²) in [5.74, 6) is 1.43. The molecule has 5 aliphatic carbocycles. The van der Waals surface area contributed by atoms with Gasteiger partial charge in [-0.2, -0.15) is 5.10 Å². The average molecular weight is 522 g/mol. The van der Waals surface area contributed by atoms with Crippen LogP contribution in [0.3, 0.4) is 0 Å². The molecule has 1 aromatic heterocycles. The Balaban J connectivity index is 1.53. The van der Waals surface area contributed by atoms with Crippen molar-refractivity contribution in [1.29, 1.82) is 0 Å². The molecule has 0 bridgehead atoms. The number of nitrogens with two attached hydrogens (primary N) is 1. The molecule has 4 N–H and O–H groups in total. The number of aliphatic carboxylic acids is 1. The van der Waals surface area contributed by atoms with Gasteiger partial charge in [0, 0.05) is 16.7 Å². The van der Waals surface area contributed by atoms with E-state index >= 15 is 0 Å². The minimum atomic E-state index is -0.581. The monoisotopic (exact) mass is 521 g/mol. The Hall–Kier alpha value is -1.78. The van der Waals surface area contributed by atoms with E-state index < -0.39 is 11.4 Å². The van der Waals surface area contributed by atoms with Crippen LogP contribution >= 0.6 is 0 Å². The van der Waals surface area contributed by atoms with Crippen molar-refractivity contribution in [1.82, 2.24) is 10.2 Å². The molecule has 0 radical (unpaired) electrons. The molecule has 7 atom stereocenters. The topological polar surface area (TPSA) is 92.0 Å².